The van der Waals surface area contributed by atoms with Crippen molar-refractivity contribution in [3.05, 3.63) is 63.9 Å². The van der Waals surface area contributed by atoms with Gasteiger partial charge in [0.25, 0.3) is 0 Å². The van der Waals surface area contributed by atoms with Crippen LogP contribution in [0.1, 0.15) is 30.9 Å². The van der Waals surface area contributed by atoms with Gasteiger partial charge in [0.2, 0.25) is 0 Å². The van der Waals surface area contributed by atoms with Crippen LogP contribution < -0.4 is 4.74 Å². The van der Waals surface area contributed by atoms with Crippen LogP contribution in [0.25, 0.3) is 0 Å². The van der Waals surface area contributed by atoms with Crippen molar-refractivity contribution in [2.75, 3.05) is 0 Å². The standard InChI is InChI=1S/C16H16BrFO/c1-11(2)12-6-8-14(9-7-12)19-10-13-4-3-5-15(18)16(13)17/h3-9,11H,10H2,1-2H3. The van der Waals surface area contributed by atoms with Crippen molar-refractivity contribution in [2.24, 2.45) is 0 Å². The molecule has 2 aromatic rings. The molecular formula is C16H16BrFO. The average Bonchev–Trinajstić information content (AvgIpc) is 2.41. The second-order valence-electron chi connectivity index (χ2n) is 4.73. The van der Waals surface area contributed by atoms with Gasteiger partial charge in [-0.2, -0.15) is 0 Å². The zero-order valence-electron chi connectivity index (χ0n) is 11.0. The van der Waals surface area contributed by atoms with Gasteiger partial charge < -0.3 is 4.74 Å². The molecule has 2 aromatic carbocycles. The van der Waals surface area contributed by atoms with Gasteiger partial charge in [0.15, 0.2) is 0 Å². The fourth-order valence-electron chi connectivity index (χ4n) is 1.77. The van der Waals surface area contributed by atoms with Crippen molar-refractivity contribution in [1.82, 2.24) is 0 Å². The zero-order chi connectivity index (χ0) is 13.8. The van der Waals surface area contributed by atoms with E-state index < -0.39 is 0 Å². The number of halogens is 2. The van der Waals surface area contributed by atoms with Crippen molar-refractivity contribution in [3.63, 3.8) is 0 Å². The van der Waals surface area contributed by atoms with E-state index in [2.05, 4.69) is 41.9 Å². The van der Waals surface area contributed by atoms with Crippen LogP contribution in [0.2, 0.25) is 0 Å². The van der Waals surface area contributed by atoms with Crippen molar-refractivity contribution in [2.45, 2.75) is 26.4 Å². The summed E-state index contributed by atoms with van der Waals surface area (Å²) in [7, 11) is 0. The molecule has 0 heterocycles. The van der Waals surface area contributed by atoms with Crippen LogP contribution in [0.5, 0.6) is 5.75 Å². The molecule has 3 heteroatoms. The molecule has 0 aliphatic rings. The van der Waals surface area contributed by atoms with Gasteiger partial charge in [-0.15, -0.1) is 0 Å². The molecule has 1 nitrogen and oxygen atoms in total. The normalized spacial score (nSPS) is 10.8. The van der Waals surface area contributed by atoms with Crippen molar-refractivity contribution in [1.29, 1.82) is 0 Å². The Balaban J connectivity index is 2.04. The number of benzene rings is 2. The van der Waals surface area contributed by atoms with Crippen LogP contribution in [0.3, 0.4) is 0 Å². The maximum Gasteiger partial charge on any atom is 0.137 e. The van der Waals surface area contributed by atoms with Crippen LogP contribution in [0.15, 0.2) is 46.9 Å². The van der Waals surface area contributed by atoms with Crippen LogP contribution in [-0.4, -0.2) is 0 Å². The van der Waals surface area contributed by atoms with Crippen LogP contribution in [0, 0.1) is 5.82 Å². The van der Waals surface area contributed by atoms with Gasteiger partial charge in [-0.1, -0.05) is 38.1 Å². The second-order valence-corrected chi connectivity index (χ2v) is 5.52. The molecule has 0 bridgehead atoms. The molecule has 0 amide bonds. The van der Waals surface area contributed by atoms with Crippen molar-refractivity contribution < 1.29 is 9.13 Å². The van der Waals surface area contributed by atoms with Gasteiger partial charge in [-0.3, -0.25) is 0 Å². The Hall–Kier alpha value is -1.35. The molecule has 0 aliphatic carbocycles. The summed E-state index contributed by atoms with van der Waals surface area (Å²) in [5, 5.41) is 0. The number of rotatable bonds is 4. The first kappa shape index (κ1) is 14.1. The first-order valence-corrected chi connectivity index (χ1v) is 7.03. The van der Waals surface area contributed by atoms with Crippen LogP contribution >= 0.6 is 15.9 Å². The summed E-state index contributed by atoms with van der Waals surface area (Å²) >= 11 is 3.23. The summed E-state index contributed by atoms with van der Waals surface area (Å²) in [6.45, 7) is 4.65. The number of hydrogen-bond acceptors (Lipinski definition) is 1. The molecule has 0 aromatic heterocycles. The fourth-order valence-corrected chi connectivity index (χ4v) is 2.15. The largest absolute Gasteiger partial charge is 0.489 e. The lowest BCUT2D eigenvalue weighted by Gasteiger charge is -2.10. The van der Waals surface area contributed by atoms with Crippen molar-refractivity contribution >= 4 is 15.9 Å². The Bertz CT molecular complexity index is 549. The van der Waals surface area contributed by atoms with Gasteiger partial charge in [0.1, 0.15) is 18.2 Å². The van der Waals surface area contributed by atoms with E-state index in [1.165, 1.54) is 11.6 Å². The Labute approximate surface area is 121 Å². The Morgan fingerprint density at radius 2 is 1.79 bits per heavy atom. The predicted octanol–water partition coefficient (Wildman–Crippen LogP) is 5.29. The Morgan fingerprint density at radius 3 is 2.42 bits per heavy atom. The van der Waals surface area contributed by atoms with Gasteiger partial charge in [-0.25, -0.2) is 4.39 Å². The molecule has 0 saturated carbocycles. The van der Waals surface area contributed by atoms with E-state index >= 15 is 0 Å². The minimum absolute atomic E-state index is 0.267. The highest BCUT2D eigenvalue weighted by Crippen LogP contribution is 2.23. The van der Waals surface area contributed by atoms with Gasteiger partial charge in [0, 0.05) is 5.56 Å². The summed E-state index contributed by atoms with van der Waals surface area (Å²) < 4.78 is 19.5. The summed E-state index contributed by atoms with van der Waals surface area (Å²) in [4.78, 5) is 0. The fraction of sp³-hybridized carbons (Fsp3) is 0.250. The van der Waals surface area contributed by atoms with Crippen LogP contribution in [-0.2, 0) is 6.61 Å². The van der Waals surface area contributed by atoms with E-state index in [1.54, 1.807) is 6.07 Å². The third-order valence-corrected chi connectivity index (χ3v) is 3.86. The lowest BCUT2D eigenvalue weighted by molar-refractivity contribution is 0.304. The highest BCUT2D eigenvalue weighted by atomic mass is 79.9. The maximum atomic E-state index is 13.3. The minimum atomic E-state index is -0.267. The van der Waals surface area contributed by atoms with E-state index in [-0.39, 0.29) is 5.82 Å². The highest BCUT2D eigenvalue weighted by Gasteiger charge is 2.06. The third kappa shape index (κ3) is 3.57. The molecule has 0 unspecified atom stereocenters. The predicted molar refractivity (Wildman–Crippen MR) is 79.0 cm³/mol. The topological polar surface area (TPSA) is 9.23 Å². The lowest BCUT2D eigenvalue weighted by atomic mass is 10.0. The van der Waals surface area contributed by atoms with Crippen molar-refractivity contribution in [3.8, 4) is 5.75 Å². The second kappa shape index (κ2) is 6.20. The van der Waals surface area contributed by atoms with Gasteiger partial charge in [0.05, 0.1) is 4.47 Å². The number of hydrogen-bond donors (Lipinski definition) is 0. The minimum Gasteiger partial charge on any atom is -0.489 e. The maximum absolute atomic E-state index is 13.3. The van der Waals surface area contributed by atoms with Gasteiger partial charge in [-0.05, 0) is 45.6 Å². The molecular weight excluding hydrogens is 307 g/mol. The molecule has 2 rings (SSSR count). The summed E-state index contributed by atoms with van der Waals surface area (Å²) in [6, 6.07) is 13.0. The molecule has 19 heavy (non-hydrogen) atoms. The van der Waals surface area contributed by atoms with E-state index in [0.717, 1.165) is 11.3 Å². The van der Waals surface area contributed by atoms with E-state index in [1.807, 2.05) is 18.2 Å². The molecule has 0 aliphatic heterocycles. The summed E-state index contributed by atoms with van der Waals surface area (Å²) in [5.74, 6) is 1.03. The third-order valence-electron chi connectivity index (χ3n) is 2.97. The molecule has 0 radical (unpaired) electrons. The van der Waals surface area contributed by atoms with E-state index in [9.17, 15) is 4.39 Å². The Kier molecular flexibility index (Phi) is 4.59. The summed E-state index contributed by atoms with van der Waals surface area (Å²) in [6.07, 6.45) is 0. The first-order valence-electron chi connectivity index (χ1n) is 6.23. The quantitative estimate of drug-likeness (QED) is 0.743. The van der Waals surface area contributed by atoms with E-state index in [0.29, 0.717) is 17.0 Å². The monoisotopic (exact) mass is 322 g/mol. The van der Waals surface area contributed by atoms with Crippen LogP contribution in [0.4, 0.5) is 4.39 Å². The molecule has 0 saturated heterocycles. The number of ether oxygens (including phenoxy) is 1. The first-order chi connectivity index (χ1) is 9.08. The molecule has 0 spiro atoms. The van der Waals surface area contributed by atoms with Gasteiger partial charge >= 0.3 is 0 Å². The zero-order valence-corrected chi connectivity index (χ0v) is 12.6. The smallest absolute Gasteiger partial charge is 0.137 e. The summed E-state index contributed by atoms with van der Waals surface area (Å²) in [5.41, 5.74) is 2.08. The molecule has 0 atom stereocenters. The lowest BCUT2D eigenvalue weighted by Crippen LogP contribution is -1.98. The average molecular weight is 323 g/mol. The Morgan fingerprint density at radius 1 is 1.11 bits per heavy atom. The SMILES string of the molecule is CC(C)c1ccc(OCc2cccc(F)c2Br)cc1. The molecule has 0 N–H and O–H groups in total. The van der Waals surface area contributed by atoms with E-state index in [4.69, 9.17) is 4.74 Å². The highest BCUT2D eigenvalue weighted by molar-refractivity contribution is 9.10. The molecule has 0 fully saturated rings. The molecule has 100 valence electrons.